The lowest BCUT2D eigenvalue weighted by Crippen LogP contribution is -2.55. The topological polar surface area (TPSA) is 50.0 Å². The predicted octanol–water partition coefficient (Wildman–Crippen LogP) is 5.25. The number of hydrazone groups is 1. The molecule has 0 saturated heterocycles. The van der Waals surface area contributed by atoms with Gasteiger partial charge in [0.05, 0.1) is 11.4 Å². The number of amidine groups is 1. The molecule has 5 nitrogen and oxygen atoms in total. The summed E-state index contributed by atoms with van der Waals surface area (Å²) in [6.07, 6.45) is 0. The highest BCUT2D eigenvalue weighted by Crippen LogP contribution is 2.29. The van der Waals surface area contributed by atoms with Gasteiger partial charge in [-0.15, -0.1) is 10.5 Å². The van der Waals surface area contributed by atoms with E-state index >= 15 is 0 Å². The Morgan fingerprint density at radius 2 is 1.11 bits per heavy atom. The van der Waals surface area contributed by atoms with Crippen LogP contribution in [0.1, 0.15) is 43.0 Å². The van der Waals surface area contributed by atoms with Gasteiger partial charge < -0.3 is 0 Å². The summed E-state index contributed by atoms with van der Waals surface area (Å²) < 4.78 is 0. The van der Waals surface area contributed by atoms with Gasteiger partial charge in [-0.25, -0.2) is 4.79 Å². The average Bonchev–Trinajstić information content (AvgIpc) is 2.52. The maximum Gasteiger partial charge on any atom is 0.370 e. The van der Waals surface area contributed by atoms with E-state index in [0.29, 0.717) is 5.84 Å². The lowest BCUT2D eigenvalue weighted by atomic mass is 9.95. The number of benzene rings is 2. The van der Waals surface area contributed by atoms with Crippen LogP contribution in [0.25, 0.3) is 0 Å². The van der Waals surface area contributed by atoms with Gasteiger partial charge in [0, 0.05) is 5.41 Å². The van der Waals surface area contributed by atoms with E-state index in [0.717, 1.165) is 33.6 Å². The van der Waals surface area contributed by atoms with Crippen LogP contribution >= 0.6 is 0 Å². The monoisotopic (exact) mass is 363 g/mol. The summed E-state index contributed by atoms with van der Waals surface area (Å²) in [4.78, 5) is 13.3. The van der Waals surface area contributed by atoms with Crippen LogP contribution in [0.4, 0.5) is 16.2 Å². The van der Waals surface area contributed by atoms with E-state index in [1.165, 1.54) is 10.0 Å². The van der Waals surface area contributed by atoms with Crippen molar-refractivity contribution in [3.63, 3.8) is 0 Å². The first-order chi connectivity index (χ1) is 12.5. The van der Waals surface area contributed by atoms with Crippen molar-refractivity contribution in [1.29, 1.82) is 0 Å². The SMILES string of the molecule is Cc1cc(C)cc(N2[N]C(C(C)(C)C)=NN(c3cc(C)cc(C)c3)C2=O)c1. The van der Waals surface area contributed by atoms with Crippen LogP contribution in [-0.2, 0) is 0 Å². The van der Waals surface area contributed by atoms with Crippen LogP contribution in [-0.4, -0.2) is 11.9 Å². The summed E-state index contributed by atoms with van der Waals surface area (Å²) in [6, 6.07) is 11.8. The minimum atomic E-state index is -0.297. The number of rotatable bonds is 2. The van der Waals surface area contributed by atoms with Crippen molar-refractivity contribution in [2.45, 2.75) is 48.5 Å². The third kappa shape index (κ3) is 3.97. The van der Waals surface area contributed by atoms with Crippen molar-refractivity contribution >= 4 is 23.2 Å². The second-order valence-corrected chi connectivity index (χ2v) is 8.37. The van der Waals surface area contributed by atoms with E-state index in [2.05, 4.69) is 22.7 Å². The minimum Gasteiger partial charge on any atom is -0.244 e. The number of carbonyl (C=O) groups excluding carboxylic acids is 1. The summed E-state index contributed by atoms with van der Waals surface area (Å²) in [5.74, 6) is 0.611. The van der Waals surface area contributed by atoms with E-state index in [4.69, 9.17) is 0 Å². The summed E-state index contributed by atoms with van der Waals surface area (Å²) in [6.45, 7) is 14.2. The molecule has 141 valence electrons. The van der Waals surface area contributed by atoms with Crippen molar-refractivity contribution in [3.05, 3.63) is 58.7 Å². The van der Waals surface area contributed by atoms with E-state index < -0.39 is 0 Å². The largest absolute Gasteiger partial charge is 0.370 e. The lowest BCUT2D eigenvalue weighted by Gasteiger charge is -2.35. The fourth-order valence-electron chi connectivity index (χ4n) is 3.17. The molecule has 0 fully saturated rings. The molecule has 2 aromatic carbocycles. The van der Waals surface area contributed by atoms with Gasteiger partial charge >= 0.3 is 6.03 Å². The van der Waals surface area contributed by atoms with E-state index in [1.54, 1.807) is 0 Å². The third-order valence-electron chi connectivity index (χ3n) is 4.32. The first-order valence-electron chi connectivity index (χ1n) is 9.16. The van der Waals surface area contributed by atoms with E-state index in [9.17, 15) is 4.79 Å². The first-order valence-corrected chi connectivity index (χ1v) is 9.16. The van der Waals surface area contributed by atoms with E-state index in [-0.39, 0.29) is 11.4 Å². The molecule has 0 bridgehead atoms. The molecule has 0 atom stereocenters. The Hall–Kier alpha value is -2.82. The van der Waals surface area contributed by atoms with Crippen LogP contribution in [0.3, 0.4) is 0 Å². The number of nitrogens with zero attached hydrogens (tertiary/aromatic N) is 4. The molecular weight excluding hydrogens is 336 g/mol. The van der Waals surface area contributed by atoms with Gasteiger partial charge in [0.15, 0.2) is 5.84 Å². The lowest BCUT2D eigenvalue weighted by molar-refractivity contribution is 0.248. The highest BCUT2D eigenvalue weighted by molar-refractivity contribution is 6.09. The fourth-order valence-corrected chi connectivity index (χ4v) is 3.17. The van der Waals surface area contributed by atoms with Crippen LogP contribution in [0.5, 0.6) is 0 Å². The van der Waals surface area contributed by atoms with Gasteiger partial charge in [-0.3, -0.25) is 0 Å². The van der Waals surface area contributed by atoms with Crippen molar-refractivity contribution in [3.8, 4) is 0 Å². The second kappa shape index (κ2) is 6.72. The van der Waals surface area contributed by atoms with Gasteiger partial charge in [-0.1, -0.05) is 32.9 Å². The zero-order valence-corrected chi connectivity index (χ0v) is 17.2. The Kier molecular flexibility index (Phi) is 4.72. The molecule has 1 radical (unpaired) electrons. The molecule has 1 aliphatic heterocycles. The molecule has 0 aromatic heterocycles. The minimum absolute atomic E-state index is 0.280. The molecule has 0 aliphatic carbocycles. The molecule has 0 spiro atoms. The summed E-state index contributed by atoms with van der Waals surface area (Å²) in [5, 5.41) is 7.53. The Morgan fingerprint density at radius 3 is 1.52 bits per heavy atom. The molecule has 0 N–H and O–H groups in total. The number of hydrogen-bond donors (Lipinski definition) is 0. The van der Waals surface area contributed by atoms with Gasteiger partial charge in [0.25, 0.3) is 0 Å². The van der Waals surface area contributed by atoms with Crippen molar-refractivity contribution in [2.75, 3.05) is 10.0 Å². The molecule has 5 heteroatoms. The molecule has 27 heavy (non-hydrogen) atoms. The van der Waals surface area contributed by atoms with Crippen LogP contribution in [0, 0.1) is 33.1 Å². The number of carbonyl (C=O) groups is 1. The fraction of sp³-hybridized carbons (Fsp3) is 0.364. The summed E-state index contributed by atoms with van der Waals surface area (Å²) in [5.41, 5.74) is 10.2. The summed E-state index contributed by atoms with van der Waals surface area (Å²) in [7, 11) is 0. The van der Waals surface area contributed by atoms with E-state index in [1.807, 2.05) is 72.7 Å². The predicted molar refractivity (Wildman–Crippen MR) is 111 cm³/mol. The molecule has 0 unspecified atom stereocenters. The quantitative estimate of drug-likeness (QED) is 0.719. The Labute approximate surface area is 161 Å². The van der Waals surface area contributed by atoms with Crippen molar-refractivity contribution in [1.82, 2.24) is 5.43 Å². The maximum atomic E-state index is 13.3. The van der Waals surface area contributed by atoms with Crippen molar-refractivity contribution in [2.24, 2.45) is 10.5 Å². The van der Waals surface area contributed by atoms with Gasteiger partial charge in [-0.05, 0) is 74.2 Å². The highest BCUT2D eigenvalue weighted by Gasteiger charge is 2.36. The summed E-state index contributed by atoms with van der Waals surface area (Å²) >= 11 is 0. The normalized spacial score (nSPS) is 14.9. The van der Waals surface area contributed by atoms with Crippen LogP contribution < -0.4 is 15.4 Å². The first kappa shape index (κ1) is 19.0. The zero-order chi connectivity index (χ0) is 19.9. The molecule has 1 heterocycles. The number of hydrogen-bond acceptors (Lipinski definition) is 2. The maximum absolute atomic E-state index is 13.3. The Bertz CT molecular complexity index is 884. The standard InChI is InChI=1S/C22H27N4O/c1-14-8-15(2)11-18(10-14)25-21(27)26(24-20(23-25)22(5,6)7)19-12-16(3)9-17(4)13-19/h8-13H,1-7H3. The highest BCUT2D eigenvalue weighted by atomic mass is 16.2. The van der Waals surface area contributed by atoms with Crippen molar-refractivity contribution < 1.29 is 4.79 Å². The molecular formula is C22H27N4O. The zero-order valence-electron chi connectivity index (χ0n) is 17.2. The van der Waals surface area contributed by atoms with Gasteiger partial charge in [0.2, 0.25) is 0 Å². The number of urea groups is 1. The van der Waals surface area contributed by atoms with Gasteiger partial charge in [-0.2, -0.15) is 10.0 Å². The Morgan fingerprint density at radius 1 is 0.704 bits per heavy atom. The molecule has 3 rings (SSSR count). The second-order valence-electron chi connectivity index (χ2n) is 8.37. The number of anilines is 2. The van der Waals surface area contributed by atoms with Gasteiger partial charge in [0.1, 0.15) is 0 Å². The molecule has 2 aromatic rings. The molecule has 1 aliphatic rings. The van der Waals surface area contributed by atoms with Crippen LogP contribution in [0.15, 0.2) is 41.5 Å². The molecule has 2 amide bonds. The molecule has 0 saturated carbocycles. The number of aryl methyl sites for hydroxylation is 4. The van der Waals surface area contributed by atoms with Crippen LogP contribution in [0.2, 0.25) is 0 Å². The Balaban J connectivity index is 2.13. The average molecular weight is 363 g/mol. The third-order valence-corrected chi connectivity index (χ3v) is 4.32. The smallest absolute Gasteiger partial charge is 0.244 e. The number of amides is 2.